The average molecular weight is 155 g/mol. The van der Waals surface area contributed by atoms with E-state index < -0.39 is 0 Å². The van der Waals surface area contributed by atoms with Gasteiger partial charge in [-0.1, -0.05) is 0 Å². The van der Waals surface area contributed by atoms with Gasteiger partial charge >= 0.3 is 0 Å². The van der Waals surface area contributed by atoms with Crippen LogP contribution in [0.2, 0.25) is 0 Å². The van der Waals surface area contributed by atoms with Gasteiger partial charge in [0.25, 0.3) is 0 Å². The normalized spacial score (nSPS) is 10.4. The zero-order valence-corrected chi connectivity index (χ0v) is 6.89. The molecular formula is C8H13NO2. The molecule has 0 bridgehead atoms. The Morgan fingerprint density at radius 2 is 2.45 bits per heavy atom. The highest BCUT2D eigenvalue weighted by molar-refractivity contribution is 5.13. The van der Waals surface area contributed by atoms with E-state index in [1.54, 1.807) is 6.26 Å². The molecule has 3 nitrogen and oxygen atoms in total. The summed E-state index contributed by atoms with van der Waals surface area (Å²) < 4.78 is 5.17. The Labute approximate surface area is 66.3 Å². The van der Waals surface area contributed by atoms with Crippen molar-refractivity contribution in [2.45, 2.75) is 20.4 Å². The summed E-state index contributed by atoms with van der Waals surface area (Å²) in [6, 6.07) is 1.93. The zero-order valence-electron chi connectivity index (χ0n) is 6.89. The Kier molecular flexibility index (Phi) is 3.14. The first kappa shape index (κ1) is 8.30. The summed E-state index contributed by atoms with van der Waals surface area (Å²) in [5.74, 6) is 0.929. The minimum atomic E-state index is 0.632. The molecule has 0 saturated carbocycles. The van der Waals surface area contributed by atoms with Crippen LogP contribution in [0.1, 0.15) is 18.2 Å². The van der Waals surface area contributed by atoms with Crippen LogP contribution in [0.15, 0.2) is 16.7 Å². The summed E-state index contributed by atoms with van der Waals surface area (Å²) in [6.07, 6.45) is 1.68. The third-order valence-electron chi connectivity index (χ3n) is 1.45. The molecule has 0 spiro atoms. The lowest BCUT2D eigenvalue weighted by Gasteiger charge is -2.00. The number of hydroxylamine groups is 1. The van der Waals surface area contributed by atoms with E-state index in [-0.39, 0.29) is 0 Å². The molecule has 62 valence electrons. The summed E-state index contributed by atoms with van der Waals surface area (Å²) >= 11 is 0. The van der Waals surface area contributed by atoms with E-state index in [0.29, 0.717) is 13.2 Å². The van der Waals surface area contributed by atoms with Gasteiger partial charge in [0.15, 0.2) is 0 Å². The third kappa shape index (κ3) is 2.37. The topological polar surface area (TPSA) is 34.4 Å². The van der Waals surface area contributed by atoms with Crippen LogP contribution in [0.25, 0.3) is 0 Å². The molecule has 0 aliphatic heterocycles. The van der Waals surface area contributed by atoms with Gasteiger partial charge in [0.05, 0.1) is 19.4 Å². The fourth-order valence-corrected chi connectivity index (χ4v) is 0.804. The van der Waals surface area contributed by atoms with Crippen molar-refractivity contribution in [1.29, 1.82) is 0 Å². The van der Waals surface area contributed by atoms with Gasteiger partial charge in [-0.15, -0.1) is 0 Å². The van der Waals surface area contributed by atoms with Crippen molar-refractivity contribution in [2.75, 3.05) is 6.61 Å². The van der Waals surface area contributed by atoms with Crippen molar-refractivity contribution in [3.05, 3.63) is 23.7 Å². The predicted molar refractivity (Wildman–Crippen MR) is 41.9 cm³/mol. The van der Waals surface area contributed by atoms with Gasteiger partial charge in [-0.05, 0) is 25.5 Å². The highest BCUT2D eigenvalue weighted by Gasteiger charge is 1.99. The van der Waals surface area contributed by atoms with Crippen molar-refractivity contribution >= 4 is 0 Å². The minimum Gasteiger partial charge on any atom is -0.468 e. The summed E-state index contributed by atoms with van der Waals surface area (Å²) in [7, 11) is 0. The van der Waals surface area contributed by atoms with Gasteiger partial charge in [0.2, 0.25) is 0 Å². The first-order chi connectivity index (χ1) is 5.34. The molecule has 0 aromatic carbocycles. The number of aryl methyl sites for hydroxylation is 1. The summed E-state index contributed by atoms with van der Waals surface area (Å²) in [5, 5.41) is 0. The van der Waals surface area contributed by atoms with E-state index >= 15 is 0 Å². The average Bonchev–Trinajstić information content (AvgIpc) is 2.37. The molecule has 1 heterocycles. The highest BCUT2D eigenvalue weighted by Crippen LogP contribution is 2.07. The van der Waals surface area contributed by atoms with Crippen LogP contribution in [-0.2, 0) is 11.4 Å². The lowest BCUT2D eigenvalue weighted by atomic mass is 10.3. The molecule has 1 aromatic heterocycles. The molecule has 11 heavy (non-hydrogen) atoms. The maximum atomic E-state index is 5.17. The Balaban J connectivity index is 2.32. The molecule has 0 fully saturated rings. The molecule has 0 saturated heterocycles. The largest absolute Gasteiger partial charge is 0.468 e. The number of nitrogens with one attached hydrogen (secondary N) is 1. The molecule has 1 aromatic rings. The second kappa shape index (κ2) is 4.16. The van der Waals surface area contributed by atoms with Crippen molar-refractivity contribution in [3.8, 4) is 0 Å². The van der Waals surface area contributed by atoms with Crippen LogP contribution in [0.5, 0.6) is 0 Å². The molecule has 1 rings (SSSR count). The first-order valence-electron chi connectivity index (χ1n) is 3.72. The monoisotopic (exact) mass is 155 g/mol. The van der Waals surface area contributed by atoms with Crippen molar-refractivity contribution in [2.24, 2.45) is 0 Å². The molecular weight excluding hydrogens is 142 g/mol. The minimum absolute atomic E-state index is 0.632. The van der Waals surface area contributed by atoms with E-state index in [2.05, 4.69) is 5.48 Å². The lowest BCUT2D eigenvalue weighted by Crippen LogP contribution is -2.13. The molecule has 3 heteroatoms. The maximum Gasteiger partial charge on any atom is 0.122 e. The van der Waals surface area contributed by atoms with Gasteiger partial charge in [-0.25, -0.2) is 0 Å². The Morgan fingerprint density at radius 3 is 3.00 bits per heavy atom. The third-order valence-corrected chi connectivity index (χ3v) is 1.45. The van der Waals surface area contributed by atoms with Gasteiger partial charge in [0.1, 0.15) is 5.76 Å². The molecule has 0 atom stereocenters. The Morgan fingerprint density at radius 1 is 1.64 bits per heavy atom. The summed E-state index contributed by atoms with van der Waals surface area (Å²) in [6.45, 7) is 5.24. The molecule has 0 aliphatic rings. The Hall–Kier alpha value is -0.800. The smallest absolute Gasteiger partial charge is 0.122 e. The van der Waals surface area contributed by atoms with Crippen LogP contribution in [-0.4, -0.2) is 6.61 Å². The highest BCUT2D eigenvalue weighted by atomic mass is 16.6. The second-order valence-corrected chi connectivity index (χ2v) is 2.28. The van der Waals surface area contributed by atoms with E-state index in [0.717, 1.165) is 11.3 Å². The van der Waals surface area contributed by atoms with Crippen LogP contribution in [0, 0.1) is 6.92 Å². The number of rotatable bonds is 4. The van der Waals surface area contributed by atoms with Crippen LogP contribution in [0.4, 0.5) is 0 Å². The van der Waals surface area contributed by atoms with E-state index in [1.807, 2.05) is 19.9 Å². The van der Waals surface area contributed by atoms with Crippen LogP contribution >= 0.6 is 0 Å². The fourth-order valence-electron chi connectivity index (χ4n) is 0.804. The van der Waals surface area contributed by atoms with Crippen molar-refractivity contribution in [1.82, 2.24) is 5.48 Å². The number of furan rings is 1. The first-order valence-corrected chi connectivity index (χ1v) is 3.72. The quantitative estimate of drug-likeness (QED) is 0.530. The molecule has 0 aliphatic carbocycles. The van der Waals surface area contributed by atoms with Crippen molar-refractivity contribution < 1.29 is 9.25 Å². The van der Waals surface area contributed by atoms with E-state index in [4.69, 9.17) is 9.25 Å². The number of hydrogen-bond donors (Lipinski definition) is 1. The second-order valence-electron chi connectivity index (χ2n) is 2.28. The fraction of sp³-hybridized carbons (Fsp3) is 0.500. The van der Waals surface area contributed by atoms with Gasteiger partial charge < -0.3 is 9.25 Å². The lowest BCUT2D eigenvalue weighted by molar-refractivity contribution is 0.0424. The van der Waals surface area contributed by atoms with Crippen molar-refractivity contribution in [3.63, 3.8) is 0 Å². The molecule has 0 amide bonds. The van der Waals surface area contributed by atoms with Crippen LogP contribution in [0.3, 0.4) is 0 Å². The maximum absolute atomic E-state index is 5.17. The summed E-state index contributed by atoms with van der Waals surface area (Å²) in [4.78, 5) is 4.95. The zero-order chi connectivity index (χ0) is 8.10. The number of hydrogen-bond acceptors (Lipinski definition) is 3. The van der Waals surface area contributed by atoms with Gasteiger partial charge in [-0.3, -0.25) is 0 Å². The standard InChI is InChI=1S/C8H13NO2/c1-3-11-9-6-8-7(2)4-5-10-8/h4-5,9H,3,6H2,1-2H3. The predicted octanol–water partition coefficient (Wildman–Crippen LogP) is 1.63. The van der Waals surface area contributed by atoms with E-state index in [1.165, 1.54) is 0 Å². The molecule has 0 unspecified atom stereocenters. The SMILES string of the molecule is CCONCc1occc1C. The molecule has 0 radical (unpaired) electrons. The van der Waals surface area contributed by atoms with Crippen LogP contribution < -0.4 is 5.48 Å². The Bertz CT molecular complexity index is 208. The summed E-state index contributed by atoms with van der Waals surface area (Å²) in [5.41, 5.74) is 3.93. The molecule has 1 N–H and O–H groups in total. The van der Waals surface area contributed by atoms with Gasteiger partial charge in [0, 0.05) is 0 Å². The van der Waals surface area contributed by atoms with E-state index in [9.17, 15) is 0 Å². The van der Waals surface area contributed by atoms with Gasteiger partial charge in [-0.2, -0.15) is 5.48 Å².